The average molecular weight is 334 g/mol. The third kappa shape index (κ3) is 4.01. The molecule has 2 rings (SSSR count). The van der Waals surface area contributed by atoms with Crippen molar-refractivity contribution in [3.63, 3.8) is 0 Å². The van der Waals surface area contributed by atoms with Crippen LogP contribution in [0.15, 0.2) is 46.4 Å². The van der Waals surface area contributed by atoms with Crippen LogP contribution in [0.25, 0.3) is 0 Å². The van der Waals surface area contributed by atoms with E-state index in [-0.39, 0.29) is 16.4 Å². The molecule has 0 saturated heterocycles. The Labute approximate surface area is 135 Å². The summed E-state index contributed by atoms with van der Waals surface area (Å²) >= 11 is 0. The van der Waals surface area contributed by atoms with Gasteiger partial charge in [0.15, 0.2) is 0 Å². The average Bonchev–Trinajstić information content (AvgIpc) is 2.46. The molecule has 0 spiro atoms. The van der Waals surface area contributed by atoms with Gasteiger partial charge in [-0.25, -0.2) is 0 Å². The van der Waals surface area contributed by atoms with Crippen LogP contribution in [-0.4, -0.2) is 24.3 Å². The molecule has 0 aliphatic carbocycles. The highest BCUT2D eigenvalue weighted by Gasteiger charge is 2.16. The molecule has 3 N–H and O–H groups in total. The first-order chi connectivity index (χ1) is 10.7. The van der Waals surface area contributed by atoms with Crippen LogP contribution in [0.5, 0.6) is 11.5 Å². The summed E-state index contributed by atoms with van der Waals surface area (Å²) in [5.74, 6) is -0.265. The van der Waals surface area contributed by atoms with E-state index in [2.05, 4.69) is 9.93 Å². The molecule has 23 heavy (non-hydrogen) atoms. The fourth-order valence-electron chi connectivity index (χ4n) is 2.04. The summed E-state index contributed by atoms with van der Waals surface area (Å²) in [5.41, 5.74) is 2.16. The predicted octanol–water partition coefficient (Wildman–Crippen LogP) is 2.42. The summed E-state index contributed by atoms with van der Waals surface area (Å²) in [6.45, 7) is 5.08. The summed E-state index contributed by atoms with van der Waals surface area (Å²) in [4.78, 5) is 2.34. The van der Waals surface area contributed by atoms with Gasteiger partial charge in [0.05, 0.1) is 10.6 Å². The second-order valence-electron chi connectivity index (χ2n) is 5.30. The Hall–Kier alpha value is -2.54. The van der Waals surface area contributed by atoms with Gasteiger partial charge in [0.1, 0.15) is 11.5 Å². The highest BCUT2D eigenvalue weighted by Crippen LogP contribution is 2.21. The highest BCUT2D eigenvalue weighted by atomic mass is 32.2. The van der Waals surface area contributed by atoms with E-state index in [1.807, 2.05) is 13.0 Å². The molecular formula is C16H18N2O4S. The van der Waals surface area contributed by atoms with E-state index in [4.69, 9.17) is 0 Å². The van der Waals surface area contributed by atoms with E-state index < -0.39 is 10.0 Å². The van der Waals surface area contributed by atoms with Gasteiger partial charge in [-0.2, -0.15) is 18.4 Å². The molecule has 2 aromatic carbocycles. The normalized spacial score (nSPS) is 12.2. The van der Waals surface area contributed by atoms with E-state index in [1.54, 1.807) is 26.0 Å². The second kappa shape index (κ2) is 6.29. The third-order valence-corrected chi connectivity index (χ3v) is 4.64. The Balaban J connectivity index is 2.32. The topological polar surface area (TPSA) is 99.0 Å². The van der Waals surface area contributed by atoms with Crippen molar-refractivity contribution in [3.8, 4) is 11.5 Å². The second-order valence-corrected chi connectivity index (χ2v) is 6.93. The van der Waals surface area contributed by atoms with Gasteiger partial charge >= 0.3 is 0 Å². The first kappa shape index (κ1) is 16.8. The molecule has 0 heterocycles. The van der Waals surface area contributed by atoms with E-state index in [9.17, 15) is 18.6 Å². The van der Waals surface area contributed by atoms with Crippen LogP contribution in [-0.2, 0) is 10.0 Å². The number of benzene rings is 2. The van der Waals surface area contributed by atoms with Crippen molar-refractivity contribution in [2.75, 3.05) is 0 Å². The zero-order valence-electron chi connectivity index (χ0n) is 13.0. The Bertz CT molecular complexity index is 853. The Kier molecular flexibility index (Phi) is 4.60. The molecule has 0 bridgehead atoms. The Morgan fingerprint density at radius 3 is 2.26 bits per heavy atom. The van der Waals surface area contributed by atoms with Gasteiger partial charge in [0, 0.05) is 11.6 Å². The lowest BCUT2D eigenvalue weighted by Crippen LogP contribution is -2.21. The number of hydrogen-bond acceptors (Lipinski definition) is 5. The fraction of sp³-hybridized carbons (Fsp3) is 0.188. The minimum absolute atomic E-state index is 0.132. The molecule has 0 unspecified atom stereocenters. The maximum absolute atomic E-state index is 12.4. The van der Waals surface area contributed by atoms with Gasteiger partial charge < -0.3 is 10.2 Å². The van der Waals surface area contributed by atoms with Gasteiger partial charge in [0.25, 0.3) is 10.0 Å². The molecule has 6 nitrogen and oxygen atoms in total. The zero-order chi connectivity index (χ0) is 17.2. The van der Waals surface area contributed by atoms with Crippen LogP contribution in [0.2, 0.25) is 0 Å². The molecule has 122 valence electrons. The van der Waals surface area contributed by atoms with Gasteiger partial charge in [-0.05, 0) is 50.1 Å². The van der Waals surface area contributed by atoms with Crippen molar-refractivity contribution in [2.24, 2.45) is 5.10 Å². The standard InChI is InChI=1S/C16H18N2O4S/c1-10-4-5-11(2)16(6-10)23(21,22)18-17-12(3)13-7-14(19)9-15(20)8-13/h4-9,18-20H,1-3H3/b17-12+. The number of nitrogens with one attached hydrogen (secondary N) is 1. The molecule has 0 atom stereocenters. The SMILES string of the molecule is C/C(=N\NS(=O)(=O)c1cc(C)ccc1C)c1cc(O)cc(O)c1. The Morgan fingerprint density at radius 1 is 1.04 bits per heavy atom. The molecule has 0 radical (unpaired) electrons. The zero-order valence-corrected chi connectivity index (χ0v) is 13.8. The van der Waals surface area contributed by atoms with Crippen molar-refractivity contribution < 1.29 is 18.6 Å². The summed E-state index contributed by atoms with van der Waals surface area (Å²) in [6, 6.07) is 9.07. The summed E-state index contributed by atoms with van der Waals surface area (Å²) in [7, 11) is -3.80. The minimum atomic E-state index is -3.80. The molecule has 2 aromatic rings. The Morgan fingerprint density at radius 2 is 1.65 bits per heavy atom. The van der Waals surface area contributed by atoms with Crippen molar-refractivity contribution in [2.45, 2.75) is 25.7 Å². The van der Waals surface area contributed by atoms with Gasteiger partial charge in [-0.1, -0.05) is 12.1 Å². The van der Waals surface area contributed by atoms with Crippen LogP contribution in [0, 0.1) is 13.8 Å². The molecule has 0 saturated carbocycles. The molecule has 7 heteroatoms. The van der Waals surface area contributed by atoms with Gasteiger partial charge in [-0.15, -0.1) is 0 Å². The van der Waals surface area contributed by atoms with Gasteiger partial charge in [0.2, 0.25) is 0 Å². The summed E-state index contributed by atoms with van der Waals surface area (Å²) in [6.07, 6.45) is 0. The van der Waals surface area contributed by atoms with E-state index in [0.717, 1.165) is 5.56 Å². The number of aromatic hydroxyl groups is 2. The lowest BCUT2D eigenvalue weighted by molar-refractivity contribution is 0.450. The first-order valence-electron chi connectivity index (χ1n) is 6.86. The number of rotatable bonds is 4. The van der Waals surface area contributed by atoms with E-state index >= 15 is 0 Å². The van der Waals surface area contributed by atoms with E-state index in [1.165, 1.54) is 18.2 Å². The molecular weight excluding hydrogens is 316 g/mol. The van der Waals surface area contributed by atoms with Crippen LogP contribution in [0.1, 0.15) is 23.6 Å². The smallest absolute Gasteiger partial charge is 0.276 e. The lowest BCUT2D eigenvalue weighted by atomic mass is 10.1. The first-order valence-corrected chi connectivity index (χ1v) is 8.34. The monoisotopic (exact) mass is 334 g/mol. The fourth-order valence-corrected chi connectivity index (χ4v) is 3.23. The number of phenols is 2. The molecule has 0 fully saturated rings. The van der Waals surface area contributed by atoms with Crippen molar-refractivity contribution >= 4 is 15.7 Å². The third-order valence-electron chi connectivity index (χ3n) is 3.29. The maximum atomic E-state index is 12.4. The minimum Gasteiger partial charge on any atom is -0.508 e. The number of phenolic OH excluding ortho intramolecular Hbond substituents is 2. The number of aryl methyl sites for hydroxylation is 2. The van der Waals surface area contributed by atoms with Crippen molar-refractivity contribution in [1.82, 2.24) is 4.83 Å². The number of hydrogen-bond donors (Lipinski definition) is 3. The van der Waals surface area contributed by atoms with Crippen LogP contribution in [0.4, 0.5) is 0 Å². The molecule has 0 aliphatic rings. The quantitative estimate of drug-likeness (QED) is 0.590. The summed E-state index contributed by atoms with van der Waals surface area (Å²) < 4.78 is 24.7. The lowest BCUT2D eigenvalue weighted by Gasteiger charge is -2.09. The number of hydrazone groups is 1. The van der Waals surface area contributed by atoms with Crippen LogP contribution < -0.4 is 4.83 Å². The van der Waals surface area contributed by atoms with Crippen LogP contribution in [0.3, 0.4) is 0 Å². The van der Waals surface area contributed by atoms with Crippen molar-refractivity contribution in [3.05, 3.63) is 53.1 Å². The number of nitrogens with zero attached hydrogens (tertiary/aromatic N) is 1. The largest absolute Gasteiger partial charge is 0.508 e. The highest BCUT2D eigenvalue weighted by molar-refractivity contribution is 7.89. The van der Waals surface area contributed by atoms with Crippen molar-refractivity contribution in [1.29, 1.82) is 0 Å². The number of sulfonamides is 1. The molecule has 0 aliphatic heterocycles. The maximum Gasteiger partial charge on any atom is 0.276 e. The van der Waals surface area contributed by atoms with Gasteiger partial charge in [-0.3, -0.25) is 0 Å². The predicted molar refractivity (Wildman–Crippen MR) is 88.2 cm³/mol. The molecule has 0 amide bonds. The summed E-state index contributed by atoms with van der Waals surface area (Å²) in [5, 5.41) is 22.8. The molecule has 0 aromatic heterocycles. The van der Waals surface area contributed by atoms with Crippen LogP contribution >= 0.6 is 0 Å². The van der Waals surface area contributed by atoms with E-state index in [0.29, 0.717) is 16.8 Å².